The van der Waals surface area contributed by atoms with Gasteiger partial charge in [0, 0.05) is 302 Å². The molecule has 1 aromatic heterocycles. The van der Waals surface area contributed by atoms with E-state index in [-0.39, 0.29) is 145 Å². The van der Waals surface area contributed by atoms with Crippen LogP contribution in [0.4, 0.5) is 11.4 Å². The van der Waals surface area contributed by atoms with E-state index < -0.39 is 11.8 Å². The van der Waals surface area contributed by atoms with Crippen molar-refractivity contribution in [2.45, 2.75) is 348 Å². The number of hydrogen-bond donors (Lipinski definition) is 26. The van der Waals surface area contributed by atoms with Crippen LogP contribution in [0.15, 0.2) is 76.7 Å². The number of primary amides is 2. The lowest BCUT2D eigenvalue weighted by molar-refractivity contribution is -0.125. The first-order chi connectivity index (χ1) is 69.4. The molecule has 4 unspecified atom stereocenters. The van der Waals surface area contributed by atoms with Gasteiger partial charge in [0.15, 0.2) is 23.5 Å². The molecule has 3 saturated heterocycles. The number of nitrogens with one attached hydrogen (secondary N) is 20. The van der Waals surface area contributed by atoms with E-state index >= 15 is 0 Å². The van der Waals surface area contributed by atoms with Gasteiger partial charge in [0.25, 0.3) is 0 Å². The van der Waals surface area contributed by atoms with Gasteiger partial charge in [-0.05, 0) is 205 Å². The summed E-state index contributed by atoms with van der Waals surface area (Å²) in [5.41, 5.74) is 37.7. The summed E-state index contributed by atoms with van der Waals surface area (Å²) < 4.78 is 0. The maximum atomic E-state index is 13.3. The maximum absolute atomic E-state index is 13.3. The van der Waals surface area contributed by atoms with Crippen LogP contribution in [-0.4, -0.2) is 304 Å². The van der Waals surface area contributed by atoms with Crippen LogP contribution in [0.5, 0.6) is 0 Å². The Kier molecular flexibility index (Phi) is 65.3. The van der Waals surface area contributed by atoms with Crippen LogP contribution in [0.1, 0.15) is 264 Å². The average Bonchev–Trinajstić information content (AvgIpc) is 0.958. The Hall–Kier alpha value is -6.83. The minimum atomic E-state index is -0.429. The Morgan fingerprint density at radius 1 is 0.374 bits per heavy atom. The number of aliphatic imine (C=N–C) groups is 2. The number of pyridine rings is 1. The van der Waals surface area contributed by atoms with Crippen molar-refractivity contribution in [1.29, 1.82) is 0 Å². The summed E-state index contributed by atoms with van der Waals surface area (Å²) in [5, 5.41) is 72.5. The maximum Gasteiger partial charge on any atom is 0.220 e. The van der Waals surface area contributed by atoms with Crippen molar-refractivity contribution < 1.29 is 28.8 Å². The lowest BCUT2D eigenvalue weighted by Gasteiger charge is -2.34. The number of rotatable bonds is 28. The molecule has 6 fully saturated rings. The normalized spacial score (nSPS) is 28.0. The molecule has 3 aromatic rings. The molecule has 32 N–H and O–H groups in total. The van der Waals surface area contributed by atoms with Gasteiger partial charge < -0.3 is 146 Å². The molecular weight excluding hydrogens is 1900 g/mol. The molecule has 0 spiro atoms. The largest absolute Gasteiger partial charge is 0.370 e. The number of halogens is 2. The predicted octanol–water partition coefficient (Wildman–Crippen LogP) is 5.60. The highest BCUT2D eigenvalue weighted by molar-refractivity contribution is 5.99. The molecule has 2 aromatic carbocycles. The standard InChI is InChI=1S/C39H70N10O3.C38H68N10O3.C17H37N5.C15H27N5.2ClH/c1-25(18-26(2)38(52)30-10-9-11-32(19-30)48-39(41)42)29(5)31(20-36(40)50)21-37(51)45-15-14-33-23-47-35-13-8-7-12-34(35)44-17-16-43-27(3)24-49(6)28(4)22-46-33;1-24(17-25(2)37(51)29-9-8-10-31(18-29)48-38(40)41)28(5)30(19-35(39)49)20-36(50)44-14-13-32-23-47-34-12-7-6-11-33(34)43-16-15-42-26(3)21-45-27(4)22-46-32;1-13-10-20-15(3)12-22-17-7-5-4-6-16(17)21-11-14(2)19-9-8-18-13;1-12-8-16-10-14-4-3-5-15(20-14)11-17-9-13(2)19-7-6-18-12;;/h9-11,19,25-29,31,33-35,43-44,46-47H,7-8,12-18,20-24H2,1-6H3,(H2,40,50)(H,45,51)(H4,41,42,48);8-10,18,24-28,30,32-34,42-43,45-47H,6-7,11-17,19-23H2,1-5H3,(H2,39,49)(H,44,50)(H4,40,41,48);13-22H,4-12H2,1-3H3;3-5,12-13,16-19H,6-11H2,1-2H3;2*1H/t25-,26-,27-,28+,29-,31?,33-,34+,35+;24-,25-,26-,27+,28-,30?,32-,33+,34+;13-,14+,15+,16?,17?;12-,13-;;/m0010../s1. The number of benzene rings is 2. The minimum Gasteiger partial charge on any atom is -0.370 e. The molecule has 25 atom stereocenters. The van der Waals surface area contributed by atoms with Gasteiger partial charge in [0.1, 0.15) is 0 Å². The molecule has 4 aliphatic heterocycles. The molecule has 36 nitrogen and oxygen atoms in total. The number of nitrogens with zero attached hydrogens (tertiary/aromatic N) is 4. The van der Waals surface area contributed by atoms with Crippen LogP contribution in [0.2, 0.25) is 0 Å². The molecule has 0 radical (unpaired) electrons. The van der Waals surface area contributed by atoms with E-state index in [1.165, 1.54) is 77.0 Å². The van der Waals surface area contributed by atoms with E-state index in [1.807, 2.05) is 20.8 Å². The number of carbonyl (C=O) groups excluding carboxylic acids is 6. The molecule has 4 amide bonds. The van der Waals surface area contributed by atoms with Crippen molar-refractivity contribution in [2.75, 3.05) is 144 Å². The number of nitrogens with two attached hydrogens (primary N) is 6. The minimum absolute atomic E-state index is 0. The molecule has 5 heterocycles. The Balaban J connectivity index is 0.000000370. The van der Waals surface area contributed by atoms with E-state index in [9.17, 15) is 28.8 Å². The highest BCUT2D eigenvalue weighted by Crippen LogP contribution is 2.35. The summed E-state index contributed by atoms with van der Waals surface area (Å²) in [6.45, 7) is 53.1. The van der Waals surface area contributed by atoms with Crippen molar-refractivity contribution in [3.05, 3.63) is 89.2 Å². The van der Waals surface area contributed by atoms with E-state index in [0.717, 1.165) is 162 Å². The fourth-order valence-corrected chi connectivity index (χ4v) is 21.2. The van der Waals surface area contributed by atoms with Crippen molar-refractivity contribution in [3.63, 3.8) is 0 Å². The molecule has 840 valence electrons. The summed E-state index contributed by atoms with van der Waals surface area (Å²) in [6, 6.07) is 27.5. The molecule has 38 heteroatoms. The summed E-state index contributed by atoms with van der Waals surface area (Å²) in [7, 11) is 2.18. The van der Waals surface area contributed by atoms with E-state index in [1.54, 1.807) is 48.5 Å². The van der Waals surface area contributed by atoms with Crippen LogP contribution < -0.4 is 141 Å². The number of carbonyl (C=O) groups is 6. The fraction of sp³-hybridized carbons (Fsp3) is 0.771. The van der Waals surface area contributed by atoms with Gasteiger partial charge in [0.2, 0.25) is 23.6 Å². The Labute approximate surface area is 896 Å². The van der Waals surface area contributed by atoms with Crippen molar-refractivity contribution in [1.82, 2.24) is 116 Å². The second-order valence-electron chi connectivity index (χ2n) is 44.1. The van der Waals surface area contributed by atoms with Crippen molar-refractivity contribution in [3.8, 4) is 0 Å². The van der Waals surface area contributed by atoms with Crippen LogP contribution in [-0.2, 0) is 32.3 Å². The summed E-state index contributed by atoms with van der Waals surface area (Å²) in [6.07, 6.45) is 18.5. The fourth-order valence-electron chi connectivity index (χ4n) is 21.2. The molecule has 7 aliphatic rings. The van der Waals surface area contributed by atoms with Crippen molar-refractivity contribution in [2.24, 2.45) is 91.7 Å². The van der Waals surface area contributed by atoms with Crippen LogP contribution >= 0.6 is 24.8 Å². The quantitative estimate of drug-likeness (QED) is 0.0239. The second kappa shape index (κ2) is 73.5. The first kappa shape index (κ1) is 131. The average molecular weight is 2100 g/mol. The van der Waals surface area contributed by atoms with Gasteiger partial charge in [-0.1, -0.05) is 110 Å². The molecule has 3 saturated carbocycles. The zero-order valence-electron chi connectivity index (χ0n) is 92.7. The zero-order valence-corrected chi connectivity index (χ0v) is 94.3. The SMILES string of the molecule is C[C@@H]1CN[C@@H](C)CNC2CCCCC2NC[C@H](C)NCCN1.C[C@@H]1CN[C@@H](CCNC(=O)CC(CC(N)=O)[C@@H](C)[C@@H](C)C[C@H](C)C(=O)c2cccc(N=C(N)N)c2)CN[C@@H]2CCCC[C@H]2NCCN[C@@H](C)CN1.C[C@H](C(CC(N)=O)CC(=O)NCC[C@H]1CN[C@@H]2CCCC[C@H]2NCCN[C@@H](C)CN(C)[C@H](C)CN1)[C@@H](C)C[C@H](C)C(=O)c1cccc(N=C(N)N)c1.C[C@H]1CNCc2cccc(n2)CNC[C@H](C)NCCN1.Cl.Cl. The van der Waals surface area contributed by atoms with Gasteiger partial charge in [-0.2, -0.15) is 0 Å². The topological polar surface area (TPSA) is 540 Å². The number of fused-ring (bicyclic) bond motifs is 5. The smallest absolute Gasteiger partial charge is 0.220 e. The number of Topliss-reactive ketones (excluding diaryl/α,β-unsaturated/α-hetero) is 2. The monoisotopic (exact) mass is 2100 g/mol. The van der Waals surface area contributed by atoms with Gasteiger partial charge in [-0.25, -0.2) is 9.98 Å². The Morgan fingerprint density at radius 2 is 0.680 bits per heavy atom. The summed E-state index contributed by atoms with van der Waals surface area (Å²) in [4.78, 5) is 92.7. The second-order valence-corrected chi connectivity index (χ2v) is 44.1. The molecular formula is C109H204Cl2N30O6. The molecule has 147 heavy (non-hydrogen) atoms. The number of guanidine groups is 2. The van der Waals surface area contributed by atoms with Crippen molar-refractivity contribution >= 4 is 83.3 Å². The van der Waals surface area contributed by atoms with Crippen LogP contribution in [0, 0.1) is 47.3 Å². The Morgan fingerprint density at radius 3 is 1.04 bits per heavy atom. The third-order valence-corrected chi connectivity index (χ3v) is 30.7. The van der Waals surface area contributed by atoms with E-state index in [0.29, 0.717) is 139 Å². The Bertz CT molecular complexity index is 4170. The molecule has 2 bridgehead atoms. The number of hydrogen-bond acceptors (Lipinski definition) is 28. The van der Waals surface area contributed by atoms with Crippen LogP contribution in [0.3, 0.4) is 0 Å². The number of ketones is 2. The summed E-state index contributed by atoms with van der Waals surface area (Å²) in [5.74, 6) is -2.07. The zero-order chi connectivity index (χ0) is 106. The van der Waals surface area contributed by atoms with Gasteiger partial charge in [-0.3, -0.25) is 33.8 Å². The van der Waals surface area contributed by atoms with Gasteiger partial charge in [-0.15, -0.1) is 24.8 Å². The predicted molar refractivity (Wildman–Crippen MR) is 609 cm³/mol. The van der Waals surface area contributed by atoms with Gasteiger partial charge in [0.05, 0.1) is 22.8 Å². The van der Waals surface area contributed by atoms with Crippen LogP contribution in [0.25, 0.3) is 0 Å². The lowest BCUT2D eigenvalue weighted by Crippen LogP contribution is -2.54. The molecule has 10 rings (SSSR count). The first-order valence-corrected chi connectivity index (χ1v) is 55.8. The highest BCUT2D eigenvalue weighted by atomic mass is 35.5. The third-order valence-electron chi connectivity index (χ3n) is 30.7. The number of aromatic nitrogens is 1. The number of amides is 4. The number of likely N-dealkylation sites (N-methyl/N-ethyl adjacent to an activating group) is 1. The van der Waals surface area contributed by atoms with Gasteiger partial charge >= 0.3 is 0 Å². The third kappa shape index (κ3) is 54.0. The molecule has 3 aliphatic carbocycles. The van der Waals surface area contributed by atoms with E-state index in [2.05, 4.69) is 235 Å². The lowest BCUT2D eigenvalue weighted by atomic mass is 9.75. The van der Waals surface area contributed by atoms with E-state index in [4.69, 9.17) is 34.4 Å². The highest BCUT2D eigenvalue weighted by Gasteiger charge is 2.35. The summed E-state index contributed by atoms with van der Waals surface area (Å²) >= 11 is 0. The first-order valence-electron chi connectivity index (χ1n) is 55.8.